The summed E-state index contributed by atoms with van der Waals surface area (Å²) in [7, 11) is 0. The van der Waals surface area contributed by atoms with Gasteiger partial charge in [-0.1, -0.05) is 144 Å². The van der Waals surface area contributed by atoms with Gasteiger partial charge in [-0.3, -0.25) is 0 Å². The molecule has 0 spiro atoms. The van der Waals surface area contributed by atoms with E-state index in [4.69, 9.17) is 0 Å². The molecule has 0 aliphatic rings. The maximum atomic E-state index is 2.40. The zero-order valence-corrected chi connectivity index (χ0v) is 25.1. The normalized spacial score (nSPS) is 13.0. The zero-order valence-electron chi connectivity index (χ0n) is 25.1. The lowest BCUT2D eigenvalue weighted by Crippen LogP contribution is -2.52. The van der Waals surface area contributed by atoms with Crippen molar-refractivity contribution in [2.45, 2.75) is 182 Å². The first kappa shape index (κ1) is 34.0. The fraction of sp³-hybridized carbons (Fsp3) is 1.00. The molecule has 0 saturated carbocycles. The summed E-state index contributed by atoms with van der Waals surface area (Å²) in [6.07, 6.45) is 33.2. The second-order valence-electron chi connectivity index (χ2n) is 11.8. The molecule has 0 aliphatic carbocycles. The van der Waals surface area contributed by atoms with Crippen LogP contribution < -0.4 is 0 Å². The number of hydrogen-bond acceptors (Lipinski definition) is 0. The molecule has 0 bridgehead atoms. The van der Waals surface area contributed by atoms with Gasteiger partial charge < -0.3 is 4.48 Å². The van der Waals surface area contributed by atoms with Crippen LogP contribution in [0.1, 0.15) is 182 Å². The highest BCUT2D eigenvalue weighted by Crippen LogP contribution is 2.24. The van der Waals surface area contributed by atoms with Crippen LogP contribution in [-0.2, 0) is 0 Å². The van der Waals surface area contributed by atoms with Crippen LogP contribution in [0.2, 0.25) is 0 Å². The molecule has 1 heteroatoms. The Balaban J connectivity index is 4.30. The van der Waals surface area contributed by atoms with E-state index in [0.717, 1.165) is 5.92 Å². The highest BCUT2D eigenvalue weighted by Gasteiger charge is 2.29. The van der Waals surface area contributed by atoms with E-state index in [2.05, 4.69) is 34.6 Å². The lowest BCUT2D eigenvalue weighted by Gasteiger charge is -2.42. The molecule has 1 nitrogen and oxygen atoms in total. The van der Waals surface area contributed by atoms with Crippen LogP contribution in [-0.4, -0.2) is 30.7 Å². The van der Waals surface area contributed by atoms with Crippen LogP contribution in [0.15, 0.2) is 0 Å². The molecule has 0 heterocycles. The number of rotatable bonds is 28. The molecule has 1 unspecified atom stereocenters. The fourth-order valence-electron chi connectivity index (χ4n) is 6.01. The smallest absolute Gasteiger partial charge is 0.0815 e. The van der Waals surface area contributed by atoms with Gasteiger partial charge in [0.2, 0.25) is 0 Å². The predicted molar refractivity (Wildman–Crippen MR) is 158 cm³/mol. The van der Waals surface area contributed by atoms with Crippen LogP contribution in [0.25, 0.3) is 0 Å². The van der Waals surface area contributed by atoms with Gasteiger partial charge in [0.15, 0.2) is 0 Å². The number of quaternary nitrogens is 1. The quantitative estimate of drug-likeness (QED) is 0.0771. The Labute approximate surface area is 218 Å². The average molecular weight is 481 g/mol. The first-order valence-electron chi connectivity index (χ1n) is 16.5. The Morgan fingerprint density at radius 3 is 1.15 bits per heavy atom. The highest BCUT2D eigenvalue weighted by molar-refractivity contribution is 4.62. The summed E-state index contributed by atoms with van der Waals surface area (Å²) in [6.45, 7) is 17.7. The van der Waals surface area contributed by atoms with Gasteiger partial charge in [-0.25, -0.2) is 0 Å². The van der Waals surface area contributed by atoms with Crippen molar-refractivity contribution in [3.8, 4) is 0 Å². The van der Waals surface area contributed by atoms with Gasteiger partial charge in [-0.15, -0.1) is 0 Å². The summed E-state index contributed by atoms with van der Waals surface area (Å²) in [5.74, 6) is 0.963. The van der Waals surface area contributed by atoms with Gasteiger partial charge in [-0.2, -0.15) is 0 Å². The molecule has 34 heavy (non-hydrogen) atoms. The molecule has 0 aromatic carbocycles. The van der Waals surface area contributed by atoms with Gasteiger partial charge in [0, 0.05) is 5.92 Å². The van der Waals surface area contributed by atoms with Crippen molar-refractivity contribution < 1.29 is 4.48 Å². The van der Waals surface area contributed by atoms with Crippen LogP contribution in [0.4, 0.5) is 0 Å². The highest BCUT2D eigenvalue weighted by atomic mass is 15.3. The van der Waals surface area contributed by atoms with Crippen LogP contribution >= 0.6 is 0 Å². The molecular formula is C33H70N+. The van der Waals surface area contributed by atoms with Crippen molar-refractivity contribution in [2.75, 3.05) is 26.2 Å². The Kier molecular flexibility index (Phi) is 26.0. The third-order valence-electron chi connectivity index (χ3n) is 8.27. The van der Waals surface area contributed by atoms with Crippen LogP contribution in [0.5, 0.6) is 0 Å². The fourth-order valence-corrected chi connectivity index (χ4v) is 6.01. The molecule has 0 N–H and O–H groups in total. The SMILES string of the molecule is CCCCCCCCCCCCCCCC[N+](CCCC)(CCCC)CC(CCC)CCCC. The Hall–Kier alpha value is -0.0400. The summed E-state index contributed by atoms with van der Waals surface area (Å²) in [5, 5.41) is 0. The molecular weight excluding hydrogens is 410 g/mol. The average Bonchev–Trinajstić information content (AvgIpc) is 2.85. The molecule has 0 saturated heterocycles. The topological polar surface area (TPSA) is 0 Å². The van der Waals surface area contributed by atoms with Crippen molar-refractivity contribution in [3.05, 3.63) is 0 Å². The Morgan fingerprint density at radius 2 is 0.735 bits per heavy atom. The van der Waals surface area contributed by atoms with Crippen molar-refractivity contribution in [3.63, 3.8) is 0 Å². The third-order valence-corrected chi connectivity index (χ3v) is 8.27. The molecule has 206 valence electrons. The lowest BCUT2D eigenvalue weighted by atomic mass is 9.94. The van der Waals surface area contributed by atoms with Gasteiger partial charge in [-0.05, 0) is 38.5 Å². The first-order chi connectivity index (χ1) is 16.7. The maximum absolute atomic E-state index is 2.40. The van der Waals surface area contributed by atoms with Gasteiger partial charge in [0.05, 0.1) is 26.2 Å². The third kappa shape index (κ3) is 20.2. The van der Waals surface area contributed by atoms with E-state index in [1.807, 2.05) is 0 Å². The van der Waals surface area contributed by atoms with E-state index in [9.17, 15) is 0 Å². The number of nitrogens with zero attached hydrogens (tertiary/aromatic N) is 1. The largest absolute Gasteiger partial charge is 0.323 e. The predicted octanol–water partition coefficient (Wildman–Crippen LogP) is 11.5. The van der Waals surface area contributed by atoms with E-state index < -0.39 is 0 Å². The molecule has 0 aliphatic heterocycles. The van der Waals surface area contributed by atoms with Crippen LogP contribution in [0.3, 0.4) is 0 Å². The minimum absolute atomic E-state index is 0.963. The van der Waals surface area contributed by atoms with E-state index in [1.54, 1.807) is 0 Å². The van der Waals surface area contributed by atoms with E-state index in [-0.39, 0.29) is 0 Å². The molecule has 1 atom stereocenters. The van der Waals surface area contributed by atoms with E-state index >= 15 is 0 Å². The van der Waals surface area contributed by atoms with Gasteiger partial charge in [0.25, 0.3) is 0 Å². The van der Waals surface area contributed by atoms with E-state index in [0.29, 0.717) is 0 Å². The zero-order chi connectivity index (χ0) is 25.2. The van der Waals surface area contributed by atoms with E-state index in [1.165, 1.54) is 178 Å². The van der Waals surface area contributed by atoms with Crippen molar-refractivity contribution in [1.29, 1.82) is 0 Å². The number of unbranched alkanes of at least 4 members (excludes halogenated alkanes) is 16. The second kappa shape index (κ2) is 26.0. The standard InChI is InChI=1S/C33H70N/c1-6-11-15-16-17-18-19-20-21-22-23-24-25-26-31-34(29-13-8-3,30-14-9-4)32-33(27-10-5)28-12-7-2/h33H,6-32H2,1-5H3/q+1. The molecule has 0 rings (SSSR count). The monoisotopic (exact) mass is 481 g/mol. The lowest BCUT2D eigenvalue weighted by molar-refractivity contribution is -0.932. The molecule has 0 amide bonds. The molecule has 0 radical (unpaired) electrons. The maximum Gasteiger partial charge on any atom is 0.0815 e. The summed E-state index contributed by atoms with van der Waals surface area (Å²) in [6, 6.07) is 0. The minimum atomic E-state index is 0.963. The van der Waals surface area contributed by atoms with Crippen molar-refractivity contribution in [1.82, 2.24) is 0 Å². The Morgan fingerprint density at radius 1 is 0.353 bits per heavy atom. The first-order valence-corrected chi connectivity index (χ1v) is 16.5. The van der Waals surface area contributed by atoms with Crippen molar-refractivity contribution >= 4 is 0 Å². The summed E-state index contributed by atoms with van der Waals surface area (Å²) in [5.41, 5.74) is 0. The van der Waals surface area contributed by atoms with Crippen LogP contribution in [0, 0.1) is 5.92 Å². The Bertz CT molecular complexity index is 369. The summed E-state index contributed by atoms with van der Waals surface area (Å²) >= 11 is 0. The minimum Gasteiger partial charge on any atom is -0.323 e. The summed E-state index contributed by atoms with van der Waals surface area (Å²) < 4.78 is 1.45. The molecule has 0 aromatic rings. The summed E-state index contributed by atoms with van der Waals surface area (Å²) in [4.78, 5) is 0. The molecule has 0 aromatic heterocycles. The molecule has 0 fully saturated rings. The van der Waals surface area contributed by atoms with Crippen molar-refractivity contribution in [2.24, 2.45) is 5.92 Å². The van der Waals surface area contributed by atoms with Gasteiger partial charge in [0.1, 0.15) is 0 Å². The van der Waals surface area contributed by atoms with Gasteiger partial charge >= 0.3 is 0 Å². The second-order valence-corrected chi connectivity index (χ2v) is 11.8. The number of hydrogen-bond donors (Lipinski definition) is 0.